The first-order chi connectivity index (χ1) is 10.6. The Balaban J connectivity index is 2.10. The van der Waals surface area contributed by atoms with Crippen LogP contribution in [-0.4, -0.2) is 33.0 Å². The Hall–Kier alpha value is -2.77. The van der Waals surface area contributed by atoms with Gasteiger partial charge in [0.1, 0.15) is 11.7 Å². The second kappa shape index (κ2) is 5.55. The minimum atomic E-state index is -0.426. The molecule has 0 radical (unpaired) electrons. The first-order valence-corrected chi connectivity index (χ1v) is 7.04. The molecule has 1 atom stereocenters. The molecule has 0 bridgehead atoms. The highest BCUT2D eigenvalue weighted by atomic mass is 16.1. The molecule has 0 spiro atoms. The summed E-state index contributed by atoms with van der Waals surface area (Å²) in [6.45, 7) is 0.646. The summed E-state index contributed by atoms with van der Waals surface area (Å²) in [6.07, 6.45) is 4.75. The van der Waals surface area contributed by atoms with Gasteiger partial charge in [-0.3, -0.25) is 19.1 Å². The number of hydrogen-bond acceptors (Lipinski definition) is 5. The van der Waals surface area contributed by atoms with Gasteiger partial charge < -0.3 is 10.6 Å². The molecule has 8 nitrogen and oxygen atoms in total. The molecule has 2 aromatic rings. The number of hydrogen-bond donors (Lipinski definition) is 1. The number of nitrogens with zero attached hydrogens (tertiary/aromatic N) is 4. The Bertz CT molecular complexity index is 758. The van der Waals surface area contributed by atoms with Crippen molar-refractivity contribution in [3.05, 3.63) is 35.0 Å². The lowest BCUT2D eigenvalue weighted by Crippen LogP contribution is -2.43. The summed E-state index contributed by atoms with van der Waals surface area (Å²) in [4.78, 5) is 37.1. The van der Waals surface area contributed by atoms with Crippen LogP contribution in [0.2, 0.25) is 0 Å². The van der Waals surface area contributed by atoms with Crippen LogP contribution in [0.3, 0.4) is 0 Å². The van der Waals surface area contributed by atoms with Gasteiger partial charge in [0.05, 0.1) is 6.20 Å². The van der Waals surface area contributed by atoms with Crippen molar-refractivity contribution in [1.82, 2.24) is 14.5 Å². The van der Waals surface area contributed by atoms with E-state index in [0.717, 1.165) is 6.42 Å². The molecule has 0 aromatic carbocycles. The molecular formula is C14H17N6O2+. The number of nitrogens with one attached hydrogen (secondary N) is 1. The molecule has 3 rings (SSSR count). The second-order valence-electron chi connectivity index (χ2n) is 5.24. The van der Waals surface area contributed by atoms with E-state index in [1.807, 2.05) is 0 Å². The lowest BCUT2D eigenvalue weighted by atomic mass is 10.2. The fourth-order valence-corrected chi connectivity index (χ4v) is 2.69. The van der Waals surface area contributed by atoms with Gasteiger partial charge in [0.25, 0.3) is 11.9 Å². The predicted molar refractivity (Wildman–Crippen MR) is 78.8 cm³/mol. The minimum Gasteiger partial charge on any atom is -0.368 e. The molecule has 3 heterocycles. The lowest BCUT2D eigenvalue weighted by molar-refractivity contribution is -0.382. The number of carbonyl (C=O) groups excluding carboxylic acids is 1. The van der Waals surface area contributed by atoms with E-state index in [1.54, 1.807) is 24.2 Å². The molecular weight excluding hydrogens is 284 g/mol. The first-order valence-electron chi connectivity index (χ1n) is 7.04. The van der Waals surface area contributed by atoms with Crippen molar-refractivity contribution in [3.8, 4) is 11.4 Å². The molecule has 0 saturated carbocycles. The van der Waals surface area contributed by atoms with E-state index in [0.29, 0.717) is 30.3 Å². The Morgan fingerprint density at radius 3 is 2.95 bits per heavy atom. The van der Waals surface area contributed by atoms with Gasteiger partial charge in [0.15, 0.2) is 0 Å². The van der Waals surface area contributed by atoms with Gasteiger partial charge in [-0.25, -0.2) is 4.98 Å². The van der Waals surface area contributed by atoms with Crippen molar-refractivity contribution >= 4 is 11.9 Å². The number of amides is 1. The number of anilines is 1. The monoisotopic (exact) mass is 301 g/mol. The quantitative estimate of drug-likeness (QED) is 0.791. The number of aromatic nitrogens is 4. The van der Waals surface area contributed by atoms with E-state index in [-0.39, 0.29) is 5.56 Å². The molecule has 1 amide bonds. The number of nitrogens with two attached hydrogens (primary N) is 1. The summed E-state index contributed by atoms with van der Waals surface area (Å²) in [6, 6.07) is 2.74. The van der Waals surface area contributed by atoms with Gasteiger partial charge in [-0.15, -0.1) is 0 Å². The average Bonchev–Trinajstić information content (AvgIpc) is 3.00. The van der Waals surface area contributed by atoms with Crippen LogP contribution in [0.4, 0.5) is 5.95 Å². The maximum atomic E-state index is 12.2. The third-order valence-corrected chi connectivity index (χ3v) is 3.83. The van der Waals surface area contributed by atoms with E-state index in [1.165, 1.54) is 17.0 Å². The standard InChI is InChI=1S/C14H16N6O2/c1-19-12(21)7-10(9-4-5-16-8-17-9)18-14(19)20-6-2-3-11(20)13(15)22/h4-5,7-8,11H,2-3,6H2,1H3,(H2,15,22)/p+1/t11-/m0/s1. The van der Waals surface area contributed by atoms with E-state index in [2.05, 4.69) is 15.0 Å². The minimum absolute atomic E-state index is 0.204. The number of H-pyrrole nitrogens is 1. The number of aromatic amines is 1. The highest BCUT2D eigenvalue weighted by molar-refractivity contribution is 5.83. The molecule has 0 aliphatic carbocycles. The zero-order valence-electron chi connectivity index (χ0n) is 12.2. The molecule has 1 aliphatic heterocycles. The molecule has 3 N–H and O–H groups in total. The largest absolute Gasteiger partial charge is 0.368 e. The van der Waals surface area contributed by atoms with Crippen molar-refractivity contribution in [2.75, 3.05) is 11.4 Å². The molecule has 2 aromatic heterocycles. The SMILES string of the molecule is Cn1c(N2CCC[C@H]2C(N)=O)nc(-c2cc[nH+]cn2)cc1=O. The van der Waals surface area contributed by atoms with Crippen molar-refractivity contribution < 1.29 is 9.78 Å². The van der Waals surface area contributed by atoms with Crippen LogP contribution in [0.15, 0.2) is 29.5 Å². The van der Waals surface area contributed by atoms with Crippen LogP contribution in [0, 0.1) is 0 Å². The Labute approximate surface area is 126 Å². The fraction of sp³-hybridized carbons (Fsp3) is 0.357. The van der Waals surface area contributed by atoms with Crippen LogP contribution in [0.25, 0.3) is 11.4 Å². The molecule has 1 saturated heterocycles. The van der Waals surface area contributed by atoms with Crippen molar-refractivity contribution in [3.63, 3.8) is 0 Å². The average molecular weight is 301 g/mol. The van der Waals surface area contributed by atoms with Gasteiger partial charge in [-0.2, -0.15) is 0 Å². The summed E-state index contributed by atoms with van der Waals surface area (Å²) in [7, 11) is 1.64. The molecule has 0 unspecified atom stereocenters. The summed E-state index contributed by atoms with van der Waals surface area (Å²) >= 11 is 0. The van der Waals surface area contributed by atoms with Crippen LogP contribution >= 0.6 is 0 Å². The number of rotatable bonds is 3. The van der Waals surface area contributed by atoms with Crippen LogP contribution < -0.4 is 21.2 Å². The smallest absolute Gasteiger partial charge is 0.284 e. The van der Waals surface area contributed by atoms with Gasteiger partial charge in [-0.1, -0.05) is 0 Å². The second-order valence-corrected chi connectivity index (χ2v) is 5.24. The fourth-order valence-electron chi connectivity index (χ4n) is 2.69. The van der Waals surface area contributed by atoms with E-state index >= 15 is 0 Å². The van der Waals surface area contributed by atoms with E-state index < -0.39 is 11.9 Å². The Morgan fingerprint density at radius 1 is 1.45 bits per heavy atom. The van der Waals surface area contributed by atoms with Crippen molar-refractivity contribution in [2.45, 2.75) is 18.9 Å². The van der Waals surface area contributed by atoms with Crippen LogP contribution in [0.5, 0.6) is 0 Å². The van der Waals surface area contributed by atoms with Gasteiger partial charge in [0, 0.05) is 25.7 Å². The Morgan fingerprint density at radius 2 is 2.27 bits per heavy atom. The molecule has 8 heteroatoms. The topological polar surface area (TPSA) is 108 Å². The van der Waals surface area contributed by atoms with E-state index in [9.17, 15) is 9.59 Å². The third kappa shape index (κ3) is 2.43. The van der Waals surface area contributed by atoms with Gasteiger partial charge >= 0.3 is 0 Å². The number of carbonyl (C=O) groups is 1. The zero-order chi connectivity index (χ0) is 15.7. The zero-order valence-corrected chi connectivity index (χ0v) is 12.2. The van der Waals surface area contributed by atoms with Crippen LogP contribution in [0.1, 0.15) is 12.8 Å². The molecule has 1 aliphatic rings. The summed E-state index contributed by atoms with van der Waals surface area (Å²) in [5, 5.41) is 0. The summed E-state index contributed by atoms with van der Waals surface area (Å²) in [5.41, 5.74) is 6.31. The van der Waals surface area contributed by atoms with Crippen molar-refractivity contribution in [1.29, 1.82) is 0 Å². The maximum absolute atomic E-state index is 12.2. The summed E-state index contributed by atoms with van der Waals surface area (Å²) in [5.74, 6) is 0.0445. The highest BCUT2D eigenvalue weighted by Gasteiger charge is 2.32. The third-order valence-electron chi connectivity index (χ3n) is 3.83. The number of primary amides is 1. The van der Waals surface area contributed by atoms with Crippen LogP contribution in [-0.2, 0) is 11.8 Å². The lowest BCUT2D eigenvalue weighted by Gasteiger charge is -2.24. The normalized spacial score (nSPS) is 17.7. The van der Waals surface area contributed by atoms with Gasteiger partial charge in [-0.05, 0) is 17.8 Å². The van der Waals surface area contributed by atoms with Gasteiger partial charge in [0.2, 0.25) is 17.5 Å². The van der Waals surface area contributed by atoms with E-state index in [4.69, 9.17) is 5.73 Å². The first kappa shape index (κ1) is 14.2. The highest BCUT2D eigenvalue weighted by Crippen LogP contribution is 2.24. The molecule has 1 fully saturated rings. The molecule has 114 valence electrons. The summed E-state index contributed by atoms with van der Waals surface area (Å²) < 4.78 is 1.43. The molecule has 22 heavy (non-hydrogen) atoms. The van der Waals surface area contributed by atoms with Crippen molar-refractivity contribution in [2.24, 2.45) is 12.8 Å². The predicted octanol–water partition coefficient (Wildman–Crippen LogP) is -0.889. The maximum Gasteiger partial charge on any atom is 0.284 e. The Kier molecular flexibility index (Phi) is 3.58.